The molecular weight excluding hydrogens is 484 g/mol. The molecule has 0 radical (unpaired) electrons. The number of halogens is 2. The van der Waals surface area contributed by atoms with Gasteiger partial charge in [0.1, 0.15) is 29.5 Å². The average Bonchev–Trinajstić information content (AvgIpc) is 3.50. The van der Waals surface area contributed by atoms with Crippen LogP contribution >= 0.6 is 0 Å². The van der Waals surface area contributed by atoms with E-state index in [0.29, 0.717) is 46.6 Å². The van der Waals surface area contributed by atoms with E-state index in [4.69, 9.17) is 9.72 Å². The highest BCUT2D eigenvalue weighted by Crippen LogP contribution is 2.41. The Morgan fingerprint density at radius 2 is 1.84 bits per heavy atom. The molecule has 2 aliphatic heterocycles. The monoisotopic (exact) mass is 515 g/mol. The van der Waals surface area contributed by atoms with Crippen LogP contribution in [0.2, 0.25) is 0 Å². The lowest BCUT2D eigenvalue weighted by Gasteiger charge is -2.33. The van der Waals surface area contributed by atoms with Crippen molar-refractivity contribution < 1.29 is 13.5 Å². The third-order valence-corrected chi connectivity index (χ3v) is 8.73. The third kappa shape index (κ3) is 4.15. The number of rotatable bonds is 5. The van der Waals surface area contributed by atoms with Gasteiger partial charge in [0, 0.05) is 30.9 Å². The van der Waals surface area contributed by atoms with Gasteiger partial charge in [0.05, 0.1) is 5.39 Å². The number of ether oxygens (including phenoxy) is 1. The van der Waals surface area contributed by atoms with Gasteiger partial charge in [-0.3, -0.25) is 4.98 Å². The number of likely N-dealkylation sites (N-methyl/N-ethyl adjacent to an activating group) is 1. The molecule has 2 saturated heterocycles. The van der Waals surface area contributed by atoms with Crippen LogP contribution in [0.1, 0.15) is 32.1 Å². The van der Waals surface area contributed by atoms with Crippen molar-refractivity contribution >= 4 is 27.5 Å². The third-order valence-electron chi connectivity index (χ3n) is 8.73. The molecule has 2 aromatic heterocycles. The standard InChI is InChI=1S/C30H31F2N5O/c1-36-11-3-5-22(36)17-38-30-34-28-25(29(35-30)37-15-18-7-8-19(12-18)16-37)14-33-27(26(28)32)23-6-2-4-20-9-10-21(31)13-24(20)23/h2,4,6,9-10,13-14,18-19,22H,3,5,7-8,11-12,15-17H2,1H3/t18?,19?,22-/m0/s1. The Balaban J connectivity index is 1.35. The predicted molar refractivity (Wildman–Crippen MR) is 144 cm³/mol. The van der Waals surface area contributed by atoms with Gasteiger partial charge < -0.3 is 14.5 Å². The zero-order chi connectivity index (χ0) is 25.8. The van der Waals surface area contributed by atoms with Gasteiger partial charge in [-0.05, 0) is 80.4 Å². The second-order valence-electron chi connectivity index (χ2n) is 11.2. The van der Waals surface area contributed by atoms with Gasteiger partial charge in [-0.15, -0.1) is 0 Å². The number of pyridine rings is 1. The number of piperidine rings is 1. The molecule has 38 heavy (non-hydrogen) atoms. The first kappa shape index (κ1) is 23.7. The summed E-state index contributed by atoms with van der Waals surface area (Å²) < 4.78 is 36.6. The molecule has 2 bridgehead atoms. The molecule has 6 nitrogen and oxygen atoms in total. The van der Waals surface area contributed by atoms with Gasteiger partial charge in [-0.25, -0.2) is 8.78 Å². The van der Waals surface area contributed by atoms with Crippen LogP contribution in [0.25, 0.3) is 32.9 Å². The molecule has 1 saturated carbocycles. The highest BCUT2D eigenvalue weighted by molar-refractivity contribution is 5.99. The zero-order valence-corrected chi connectivity index (χ0v) is 21.5. The van der Waals surface area contributed by atoms with Crippen molar-refractivity contribution in [2.24, 2.45) is 11.8 Å². The van der Waals surface area contributed by atoms with Crippen LogP contribution in [0.5, 0.6) is 6.01 Å². The van der Waals surface area contributed by atoms with Crippen molar-refractivity contribution in [3.8, 4) is 17.3 Å². The maximum atomic E-state index is 16.4. The van der Waals surface area contributed by atoms with Crippen molar-refractivity contribution in [2.75, 3.05) is 38.2 Å². The lowest BCUT2D eigenvalue weighted by atomic mass is 9.98. The zero-order valence-electron chi connectivity index (χ0n) is 21.5. The normalized spacial score (nSPS) is 23.6. The Kier molecular flexibility index (Phi) is 5.87. The number of likely N-dealkylation sites (tertiary alicyclic amines) is 1. The van der Waals surface area contributed by atoms with E-state index in [9.17, 15) is 4.39 Å². The summed E-state index contributed by atoms with van der Waals surface area (Å²) in [6.07, 6.45) is 7.59. The fraction of sp³-hybridized carbons (Fsp3) is 0.433. The number of aromatic nitrogens is 3. The minimum absolute atomic E-state index is 0.151. The second-order valence-corrected chi connectivity index (χ2v) is 11.2. The summed E-state index contributed by atoms with van der Waals surface area (Å²) in [5, 5.41) is 2.02. The highest BCUT2D eigenvalue weighted by atomic mass is 19.1. The second kappa shape index (κ2) is 9.42. The number of benzene rings is 2. The number of nitrogens with zero attached hydrogens (tertiary/aromatic N) is 5. The van der Waals surface area contributed by atoms with Crippen molar-refractivity contribution in [1.29, 1.82) is 0 Å². The molecule has 0 N–H and O–H groups in total. The Morgan fingerprint density at radius 1 is 1.00 bits per heavy atom. The van der Waals surface area contributed by atoms with E-state index in [1.165, 1.54) is 31.4 Å². The maximum absolute atomic E-state index is 16.4. The van der Waals surface area contributed by atoms with E-state index in [1.54, 1.807) is 18.3 Å². The van der Waals surface area contributed by atoms with Gasteiger partial charge in [0.25, 0.3) is 0 Å². The number of hydrogen-bond acceptors (Lipinski definition) is 6. The lowest BCUT2D eigenvalue weighted by Crippen LogP contribution is -2.37. The van der Waals surface area contributed by atoms with E-state index in [-0.39, 0.29) is 23.0 Å². The van der Waals surface area contributed by atoms with Gasteiger partial charge in [0.2, 0.25) is 0 Å². The molecule has 1 aliphatic carbocycles. The van der Waals surface area contributed by atoms with Crippen molar-refractivity contribution in [3.63, 3.8) is 0 Å². The quantitative estimate of drug-likeness (QED) is 0.333. The highest BCUT2D eigenvalue weighted by Gasteiger charge is 2.35. The summed E-state index contributed by atoms with van der Waals surface area (Å²) in [7, 11) is 2.10. The molecule has 196 valence electrons. The average molecular weight is 516 g/mol. The summed E-state index contributed by atoms with van der Waals surface area (Å²) >= 11 is 0. The molecule has 3 aliphatic rings. The lowest BCUT2D eigenvalue weighted by molar-refractivity contribution is 0.188. The van der Waals surface area contributed by atoms with Crippen LogP contribution in [-0.2, 0) is 0 Å². The summed E-state index contributed by atoms with van der Waals surface area (Å²) in [6.45, 7) is 3.32. The van der Waals surface area contributed by atoms with Gasteiger partial charge in [0.15, 0.2) is 5.82 Å². The molecule has 2 unspecified atom stereocenters. The smallest absolute Gasteiger partial charge is 0.319 e. The molecule has 0 spiro atoms. The molecule has 2 aromatic carbocycles. The Morgan fingerprint density at radius 3 is 2.63 bits per heavy atom. The van der Waals surface area contributed by atoms with Crippen molar-refractivity contribution in [2.45, 2.75) is 38.1 Å². The largest absolute Gasteiger partial charge is 0.462 e. The summed E-state index contributed by atoms with van der Waals surface area (Å²) in [6, 6.07) is 10.5. The Labute approximate surface area is 220 Å². The summed E-state index contributed by atoms with van der Waals surface area (Å²) in [5.41, 5.74) is 0.882. The van der Waals surface area contributed by atoms with Crippen LogP contribution in [0.3, 0.4) is 0 Å². The van der Waals surface area contributed by atoms with Gasteiger partial charge >= 0.3 is 6.01 Å². The first-order chi connectivity index (χ1) is 18.5. The van der Waals surface area contributed by atoms with E-state index in [2.05, 4.69) is 26.8 Å². The Hall–Kier alpha value is -3.39. The fourth-order valence-corrected chi connectivity index (χ4v) is 6.71. The molecule has 4 aromatic rings. The van der Waals surface area contributed by atoms with E-state index in [0.717, 1.165) is 37.9 Å². The van der Waals surface area contributed by atoms with Crippen LogP contribution in [0.4, 0.5) is 14.6 Å². The molecule has 7 rings (SSSR count). The predicted octanol–water partition coefficient (Wildman–Crippen LogP) is 5.83. The van der Waals surface area contributed by atoms with E-state index in [1.807, 2.05) is 12.1 Å². The van der Waals surface area contributed by atoms with Gasteiger partial charge in [-0.1, -0.05) is 24.3 Å². The molecule has 8 heteroatoms. The first-order valence-corrected chi connectivity index (χ1v) is 13.7. The summed E-state index contributed by atoms with van der Waals surface area (Å²) in [5.74, 6) is 1.06. The molecule has 3 fully saturated rings. The molecule has 4 heterocycles. The van der Waals surface area contributed by atoms with E-state index < -0.39 is 5.82 Å². The number of hydrogen-bond donors (Lipinski definition) is 0. The maximum Gasteiger partial charge on any atom is 0.319 e. The van der Waals surface area contributed by atoms with Crippen LogP contribution in [-0.4, -0.2) is 59.2 Å². The SMILES string of the molecule is CN1CCC[C@H]1COc1nc(N2CC3CCC(C3)C2)c2cnc(-c3cccc4ccc(F)cc34)c(F)c2n1. The molecule has 3 atom stereocenters. The van der Waals surface area contributed by atoms with Crippen LogP contribution < -0.4 is 9.64 Å². The number of anilines is 1. The topological polar surface area (TPSA) is 54.4 Å². The molecular formula is C30H31F2N5O. The molecule has 0 amide bonds. The van der Waals surface area contributed by atoms with E-state index >= 15 is 4.39 Å². The van der Waals surface area contributed by atoms with Crippen LogP contribution in [0.15, 0.2) is 42.6 Å². The van der Waals surface area contributed by atoms with Gasteiger partial charge in [-0.2, -0.15) is 9.97 Å². The van der Waals surface area contributed by atoms with Crippen molar-refractivity contribution in [3.05, 3.63) is 54.2 Å². The first-order valence-electron chi connectivity index (χ1n) is 13.7. The minimum Gasteiger partial charge on any atom is -0.462 e. The van der Waals surface area contributed by atoms with Crippen LogP contribution in [0, 0.1) is 23.5 Å². The summed E-state index contributed by atoms with van der Waals surface area (Å²) in [4.78, 5) is 18.5. The Bertz CT molecular complexity index is 1520. The van der Waals surface area contributed by atoms with Crippen molar-refractivity contribution in [1.82, 2.24) is 19.9 Å². The fourth-order valence-electron chi connectivity index (χ4n) is 6.71. The minimum atomic E-state index is -0.536. The number of fused-ring (bicyclic) bond motifs is 4.